The van der Waals surface area contributed by atoms with Crippen molar-refractivity contribution in [2.45, 2.75) is 39.0 Å². The second-order valence-electron chi connectivity index (χ2n) is 7.91. The Kier molecular flexibility index (Phi) is 5.44. The lowest BCUT2D eigenvalue weighted by Gasteiger charge is -2.34. The molecule has 30 heavy (non-hydrogen) atoms. The quantitative estimate of drug-likeness (QED) is 0.606. The number of aryl methyl sites for hydroxylation is 1. The fourth-order valence-electron chi connectivity index (χ4n) is 4.40. The van der Waals surface area contributed by atoms with Crippen LogP contribution in [0.1, 0.15) is 48.5 Å². The first-order valence-corrected chi connectivity index (χ1v) is 10.3. The first-order valence-electron chi connectivity index (χ1n) is 10.3. The Morgan fingerprint density at radius 2 is 1.87 bits per heavy atom. The summed E-state index contributed by atoms with van der Waals surface area (Å²) in [5, 5.41) is 3.88. The molecule has 1 atom stereocenters. The molecule has 1 aromatic heterocycles. The maximum atomic E-state index is 13.2. The van der Waals surface area contributed by atoms with Crippen molar-refractivity contribution in [1.82, 2.24) is 4.98 Å². The monoisotopic (exact) mass is 400 g/mol. The van der Waals surface area contributed by atoms with Crippen molar-refractivity contribution in [2.24, 2.45) is 5.41 Å². The molecule has 1 heterocycles. The van der Waals surface area contributed by atoms with E-state index in [4.69, 9.17) is 0 Å². The number of carbonyl (C=O) groups excluding carboxylic acids is 3. The highest BCUT2D eigenvalue weighted by atomic mass is 16.2. The third-order valence-corrected chi connectivity index (χ3v) is 6.11. The minimum Gasteiger partial charge on any atom is -0.324 e. The van der Waals surface area contributed by atoms with Crippen LogP contribution in [0.5, 0.6) is 0 Å². The zero-order chi connectivity index (χ0) is 21.1. The molecule has 0 fully saturated rings. The summed E-state index contributed by atoms with van der Waals surface area (Å²) in [7, 11) is 0. The van der Waals surface area contributed by atoms with E-state index < -0.39 is 5.41 Å². The van der Waals surface area contributed by atoms with E-state index in [-0.39, 0.29) is 23.9 Å². The van der Waals surface area contributed by atoms with Crippen molar-refractivity contribution in [3.8, 4) is 0 Å². The Morgan fingerprint density at radius 3 is 2.70 bits per heavy atom. The molecule has 0 saturated carbocycles. The summed E-state index contributed by atoms with van der Waals surface area (Å²) in [6, 6.07) is 16.9. The SMILES string of the molecule is CC(=O)C1(CCCC(=O)Nc2cccc3cccnc23)CCc2ccccc2C1=O. The van der Waals surface area contributed by atoms with Gasteiger partial charge in [-0.25, -0.2) is 0 Å². The molecule has 1 amide bonds. The van der Waals surface area contributed by atoms with Gasteiger partial charge in [0.1, 0.15) is 5.78 Å². The smallest absolute Gasteiger partial charge is 0.224 e. The maximum absolute atomic E-state index is 13.2. The summed E-state index contributed by atoms with van der Waals surface area (Å²) >= 11 is 0. The van der Waals surface area contributed by atoms with E-state index in [2.05, 4.69) is 10.3 Å². The number of pyridine rings is 1. The number of ketones is 2. The number of nitrogens with zero attached hydrogens (tertiary/aromatic N) is 1. The number of benzene rings is 2. The largest absolute Gasteiger partial charge is 0.324 e. The minimum absolute atomic E-state index is 0.101. The van der Waals surface area contributed by atoms with Gasteiger partial charge >= 0.3 is 0 Å². The predicted molar refractivity (Wildman–Crippen MR) is 116 cm³/mol. The first-order chi connectivity index (χ1) is 14.5. The fraction of sp³-hybridized carbons (Fsp3) is 0.280. The van der Waals surface area contributed by atoms with E-state index in [1.807, 2.05) is 48.5 Å². The van der Waals surface area contributed by atoms with Crippen molar-refractivity contribution >= 4 is 34.1 Å². The molecule has 1 aliphatic carbocycles. The summed E-state index contributed by atoms with van der Waals surface area (Å²) in [6.45, 7) is 1.49. The number of fused-ring (bicyclic) bond motifs is 2. The summed E-state index contributed by atoms with van der Waals surface area (Å²) in [4.78, 5) is 42.6. The van der Waals surface area contributed by atoms with Gasteiger partial charge in [0.05, 0.1) is 16.6 Å². The van der Waals surface area contributed by atoms with Crippen LogP contribution in [0.4, 0.5) is 5.69 Å². The van der Waals surface area contributed by atoms with Crippen LogP contribution < -0.4 is 5.32 Å². The molecule has 152 valence electrons. The highest BCUT2D eigenvalue weighted by molar-refractivity contribution is 6.15. The van der Waals surface area contributed by atoms with Gasteiger partial charge in [-0.3, -0.25) is 19.4 Å². The molecule has 1 N–H and O–H groups in total. The van der Waals surface area contributed by atoms with Gasteiger partial charge in [0.15, 0.2) is 5.78 Å². The molecular formula is C25H24N2O3. The van der Waals surface area contributed by atoms with Crippen LogP contribution in [0.15, 0.2) is 60.8 Å². The van der Waals surface area contributed by atoms with Gasteiger partial charge < -0.3 is 5.32 Å². The number of amides is 1. The average Bonchev–Trinajstić information content (AvgIpc) is 2.76. The van der Waals surface area contributed by atoms with E-state index in [9.17, 15) is 14.4 Å². The molecule has 1 aliphatic rings. The van der Waals surface area contributed by atoms with Gasteiger partial charge in [-0.05, 0) is 50.3 Å². The Bertz CT molecular complexity index is 1130. The molecule has 5 heteroatoms. The summed E-state index contributed by atoms with van der Waals surface area (Å²) in [6.07, 6.45) is 4.00. The van der Waals surface area contributed by atoms with E-state index in [1.165, 1.54) is 6.92 Å². The zero-order valence-corrected chi connectivity index (χ0v) is 17.0. The second kappa shape index (κ2) is 8.19. The van der Waals surface area contributed by atoms with Gasteiger partial charge in [0, 0.05) is 23.6 Å². The number of aromatic nitrogens is 1. The van der Waals surface area contributed by atoms with E-state index >= 15 is 0 Å². The number of nitrogens with one attached hydrogen (secondary N) is 1. The van der Waals surface area contributed by atoms with Crippen LogP contribution in [0, 0.1) is 5.41 Å². The van der Waals surface area contributed by atoms with Gasteiger partial charge in [-0.15, -0.1) is 0 Å². The number of Topliss-reactive ketones (excluding diaryl/α,β-unsaturated/α-hetero) is 2. The fourth-order valence-corrected chi connectivity index (χ4v) is 4.40. The second-order valence-corrected chi connectivity index (χ2v) is 7.91. The van der Waals surface area contributed by atoms with Crippen LogP contribution in [-0.2, 0) is 16.0 Å². The Labute approximate surface area is 175 Å². The zero-order valence-electron chi connectivity index (χ0n) is 17.0. The van der Waals surface area contributed by atoms with Gasteiger partial charge in [-0.1, -0.05) is 42.5 Å². The Hall–Kier alpha value is -3.34. The molecule has 4 rings (SSSR count). The highest BCUT2D eigenvalue weighted by Gasteiger charge is 2.45. The molecule has 0 spiro atoms. The topological polar surface area (TPSA) is 76.1 Å². The van der Waals surface area contributed by atoms with Gasteiger partial charge in [0.25, 0.3) is 0 Å². The lowest BCUT2D eigenvalue weighted by molar-refractivity contribution is -0.125. The predicted octanol–water partition coefficient (Wildman–Crippen LogP) is 4.75. The molecule has 1 unspecified atom stereocenters. The molecule has 5 nitrogen and oxygen atoms in total. The number of rotatable bonds is 6. The summed E-state index contributed by atoms with van der Waals surface area (Å²) in [5.41, 5.74) is 2.04. The van der Waals surface area contributed by atoms with E-state index in [1.54, 1.807) is 12.3 Å². The van der Waals surface area contributed by atoms with Crippen molar-refractivity contribution in [2.75, 3.05) is 5.32 Å². The van der Waals surface area contributed by atoms with Gasteiger partial charge in [0.2, 0.25) is 5.91 Å². The van der Waals surface area contributed by atoms with Crippen LogP contribution in [0.2, 0.25) is 0 Å². The molecule has 0 bridgehead atoms. The molecular weight excluding hydrogens is 376 g/mol. The summed E-state index contributed by atoms with van der Waals surface area (Å²) < 4.78 is 0. The lowest BCUT2D eigenvalue weighted by atomic mass is 9.65. The molecule has 0 saturated heterocycles. The van der Waals surface area contributed by atoms with E-state index in [0.717, 1.165) is 16.5 Å². The first kappa shape index (κ1) is 20.0. The third-order valence-electron chi connectivity index (χ3n) is 6.11. The van der Waals surface area contributed by atoms with Crippen molar-refractivity contribution in [1.29, 1.82) is 0 Å². The highest BCUT2D eigenvalue weighted by Crippen LogP contribution is 2.40. The molecule has 2 aromatic carbocycles. The molecule has 3 aromatic rings. The molecule has 0 radical (unpaired) electrons. The van der Waals surface area contributed by atoms with Crippen molar-refractivity contribution < 1.29 is 14.4 Å². The van der Waals surface area contributed by atoms with Crippen LogP contribution >= 0.6 is 0 Å². The average molecular weight is 400 g/mol. The maximum Gasteiger partial charge on any atom is 0.224 e. The molecule has 0 aliphatic heterocycles. The number of carbonyl (C=O) groups is 3. The van der Waals surface area contributed by atoms with Crippen LogP contribution in [0.3, 0.4) is 0 Å². The van der Waals surface area contributed by atoms with Crippen LogP contribution in [0.25, 0.3) is 10.9 Å². The van der Waals surface area contributed by atoms with Crippen molar-refractivity contribution in [3.05, 3.63) is 71.9 Å². The number of hydrogen-bond donors (Lipinski definition) is 1. The summed E-state index contributed by atoms with van der Waals surface area (Å²) in [5.74, 6) is -0.355. The Balaban J connectivity index is 1.44. The number of anilines is 1. The lowest BCUT2D eigenvalue weighted by Crippen LogP contribution is -2.42. The van der Waals surface area contributed by atoms with Gasteiger partial charge in [-0.2, -0.15) is 0 Å². The Morgan fingerprint density at radius 1 is 1.07 bits per heavy atom. The number of hydrogen-bond acceptors (Lipinski definition) is 4. The van der Waals surface area contributed by atoms with Crippen LogP contribution in [-0.4, -0.2) is 22.5 Å². The minimum atomic E-state index is -1.02. The number of para-hydroxylation sites is 1. The standard InChI is InChI=1S/C25H24N2O3/c1-17(28)25(15-13-18-7-2-3-10-20(18)24(25)30)14-5-12-22(29)27-21-11-4-8-19-9-6-16-26-23(19)21/h2-4,6-11,16H,5,12-15H2,1H3,(H,27,29). The van der Waals surface area contributed by atoms with E-state index in [0.29, 0.717) is 36.9 Å². The third kappa shape index (κ3) is 3.63. The van der Waals surface area contributed by atoms with Crippen molar-refractivity contribution in [3.63, 3.8) is 0 Å². The normalized spacial score (nSPS) is 18.1.